The lowest BCUT2D eigenvalue weighted by Gasteiger charge is -2.08. The Kier molecular flexibility index (Phi) is 3.46. The van der Waals surface area contributed by atoms with Crippen LogP contribution >= 0.6 is 15.9 Å². The molecular weight excluding hydrogens is 268 g/mol. The summed E-state index contributed by atoms with van der Waals surface area (Å²) in [6.45, 7) is 2.03. The van der Waals surface area contributed by atoms with Gasteiger partial charge in [-0.15, -0.1) is 0 Å². The molecule has 0 amide bonds. The van der Waals surface area contributed by atoms with E-state index in [2.05, 4.69) is 22.0 Å². The molecule has 0 aliphatic heterocycles. The maximum atomic E-state index is 9.13. The van der Waals surface area contributed by atoms with E-state index in [1.807, 2.05) is 30.3 Å². The Hall–Kier alpha value is -1.06. The van der Waals surface area contributed by atoms with E-state index in [4.69, 9.17) is 9.84 Å². The van der Waals surface area contributed by atoms with Gasteiger partial charge in [-0.25, -0.2) is 0 Å². The van der Waals surface area contributed by atoms with Gasteiger partial charge in [0.05, 0.1) is 6.10 Å². The molecule has 2 aromatic carbocycles. The molecule has 0 aliphatic rings. The fraction of sp³-hybridized carbons (Fsp3) is 0.231. The largest absolute Gasteiger partial charge is 0.491 e. The third-order valence-electron chi connectivity index (χ3n) is 2.26. The minimum atomic E-state index is -0.444. The Bertz CT molecular complexity index is 494. The monoisotopic (exact) mass is 280 g/mol. The summed E-state index contributed by atoms with van der Waals surface area (Å²) in [5.74, 6) is 0.788. The zero-order valence-electron chi connectivity index (χ0n) is 8.98. The van der Waals surface area contributed by atoms with Crippen molar-refractivity contribution >= 4 is 26.7 Å². The van der Waals surface area contributed by atoms with Crippen LogP contribution in [0, 0.1) is 0 Å². The van der Waals surface area contributed by atoms with E-state index < -0.39 is 6.10 Å². The van der Waals surface area contributed by atoms with E-state index in [9.17, 15) is 0 Å². The first-order chi connectivity index (χ1) is 7.65. The van der Waals surface area contributed by atoms with Crippen LogP contribution in [0.15, 0.2) is 40.9 Å². The van der Waals surface area contributed by atoms with Gasteiger partial charge in [-0.2, -0.15) is 0 Å². The number of rotatable bonds is 3. The number of benzene rings is 2. The molecule has 2 nitrogen and oxygen atoms in total. The number of hydrogen-bond donors (Lipinski definition) is 1. The zero-order chi connectivity index (χ0) is 11.5. The summed E-state index contributed by atoms with van der Waals surface area (Å²) in [5.41, 5.74) is 0. The van der Waals surface area contributed by atoms with Crippen molar-refractivity contribution in [2.75, 3.05) is 6.61 Å². The Morgan fingerprint density at radius 3 is 2.62 bits per heavy atom. The molecule has 16 heavy (non-hydrogen) atoms. The second-order valence-corrected chi connectivity index (χ2v) is 4.73. The molecule has 0 fully saturated rings. The Morgan fingerprint density at radius 2 is 1.88 bits per heavy atom. The minimum absolute atomic E-state index is 0.321. The van der Waals surface area contributed by atoms with Crippen LogP contribution in [0.5, 0.6) is 5.75 Å². The fourth-order valence-electron chi connectivity index (χ4n) is 1.50. The Labute approximate surface area is 103 Å². The molecule has 0 radical (unpaired) electrons. The first-order valence-corrected chi connectivity index (χ1v) is 5.94. The average Bonchev–Trinajstić information content (AvgIpc) is 2.26. The molecule has 84 valence electrons. The number of hydrogen-bond acceptors (Lipinski definition) is 2. The normalized spacial score (nSPS) is 12.7. The minimum Gasteiger partial charge on any atom is -0.491 e. The van der Waals surface area contributed by atoms with Crippen molar-refractivity contribution < 1.29 is 9.84 Å². The quantitative estimate of drug-likeness (QED) is 0.934. The van der Waals surface area contributed by atoms with Gasteiger partial charge in [0.15, 0.2) is 0 Å². The maximum absolute atomic E-state index is 9.13. The van der Waals surface area contributed by atoms with E-state index in [0.29, 0.717) is 6.61 Å². The molecule has 2 rings (SSSR count). The lowest BCUT2D eigenvalue weighted by Crippen LogP contribution is -2.12. The molecule has 0 unspecified atom stereocenters. The molecule has 0 bridgehead atoms. The van der Waals surface area contributed by atoms with Gasteiger partial charge in [0.2, 0.25) is 0 Å². The summed E-state index contributed by atoms with van der Waals surface area (Å²) >= 11 is 3.44. The molecule has 1 atom stereocenters. The van der Waals surface area contributed by atoms with E-state index in [1.54, 1.807) is 6.92 Å². The van der Waals surface area contributed by atoms with Gasteiger partial charge in [0.25, 0.3) is 0 Å². The average molecular weight is 281 g/mol. The highest BCUT2D eigenvalue weighted by atomic mass is 79.9. The zero-order valence-corrected chi connectivity index (χ0v) is 10.6. The lowest BCUT2D eigenvalue weighted by molar-refractivity contribution is 0.123. The third-order valence-corrected chi connectivity index (χ3v) is 2.76. The summed E-state index contributed by atoms with van der Waals surface area (Å²) in [6.07, 6.45) is -0.444. The van der Waals surface area contributed by atoms with Gasteiger partial charge in [0, 0.05) is 4.47 Å². The van der Waals surface area contributed by atoms with Crippen molar-refractivity contribution in [3.05, 3.63) is 40.9 Å². The van der Waals surface area contributed by atoms with Crippen LogP contribution in [-0.2, 0) is 0 Å². The van der Waals surface area contributed by atoms with Crippen molar-refractivity contribution in [1.29, 1.82) is 0 Å². The molecule has 0 saturated heterocycles. The highest BCUT2D eigenvalue weighted by molar-refractivity contribution is 9.10. The molecule has 0 aliphatic carbocycles. The molecule has 2 aromatic rings. The molecule has 0 spiro atoms. The van der Waals surface area contributed by atoms with Crippen molar-refractivity contribution in [1.82, 2.24) is 0 Å². The van der Waals surface area contributed by atoms with Gasteiger partial charge in [-0.3, -0.25) is 0 Å². The van der Waals surface area contributed by atoms with E-state index in [-0.39, 0.29) is 0 Å². The predicted octanol–water partition coefficient (Wildman–Crippen LogP) is 3.36. The fourth-order valence-corrected chi connectivity index (χ4v) is 1.88. The maximum Gasteiger partial charge on any atom is 0.120 e. The number of aliphatic hydroxyl groups is 1. The van der Waals surface area contributed by atoms with Crippen LogP contribution < -0.4 is 4.74 Å². The lowest BCUT2D eigenvalue weighted by atomic mass is 10.1. The first kappa shape index (κ1) is 11.4. The number of ether oxygens (including phenoxy) is 1. The summed E-state index contributed by atoms with van der Waals surface area (Å²) in [4.78, 5) is 0. The molecule has 0 heterocycles. The van der Waals surface area contributed by atoms with Crippen molar-refractivity contribution in [2.45, 2.75) is 13.0 Å². The molecule has 0 saturated carbocycles. The SMILES string of the molecule is C[C@H](O)COc1ccc2cc(Br)ccc2c1. The number of fused-ring (bicyclic) bond motifs is 1. The highest BCUT2D eigenvalue weighted by Crippen LogP contribution is 2.24. The van der Waals surface area contributed by atoms with Crippen LogP contribution in [-0.4, -0.2) is 17.8 Å². The van der Waals surface area contributed by atoms with Crippen molar-refractivity contribution in [2.24, 2.45) is 0 Å². The van der Waals surface area contributed by atoms with E-state index >= 15 is 0 Å². The van der Waals surface area contributed by atoms with Crippen molar-refractivity contribution in [3.8, 4) is 5.75 Å². The molecule has 3 heteroatoms. The van der Waals surface area contributed by atoms with Crippen LogP contribution in [0.4, 0.5) is 0 Å². The Morgan fingerprint density at radius 1 is 1.19 bits per heavy atom. The first-order valence-electron chi connectivity index (χ1n) is 5.15. The van der Waals surface area contributed by atoms with E-state index in [0.717, 1.165) is 15.6 Å². The smallest absolute Gasteiger partial charge is 0.120 e. The summed E-state index contributed by atoms with van der Waals surface area (Å²) in [6, 6.07) is 12.0. The van der Waals surface area contributed by atoms with Crippen molar-refractivity contribution in [3.63, 3.8) is 0 Å². The van der Waals surface area contributed by atoms with Crippen LogP contribution in [0.1, 0.15) is 6.92 Å². The highest BCUT2D eigenvalue weighted by Gasteiger charge is 2.00. The molecule has 0 aromatic heterocycles. The number of halogens is 1. The second-order valence-electron chi connectivity index (χ2n) is 3.81. The van der Waals surface area contributed by atoms with Crippen LogP contribution in [0.2, 0.25) is 0 Å². The topological polar surface area (TPSA) is 29.5 Å². The summed E-state index contributed by atoms with van der Waals surface area (Å²) in [7, 11) is 0. The molecule has 1 N–H and O–H groups in total. The predicted molar refractivity (Wildman–Crippen MR) is 68.8 cm³/mol. The van der Waals surface area contributed by atoms with E-state index in [1.165, 1.54) is 5.39 Å². The second kappa shape index (κ2) is 4.85. The standard InChI is InChI=1S/C13H13BrO2/c1-9(15)8-16-13-5-3-10-6-12(14)4-2-11(10)7-13/h2-7,9,15H,8H2,1H3/t9-/m0/s1. The van der Waals surface area contributed by atoms with Gasteiger partial charge >= 0.3 is 0 Å². The van der Waals surface area contributed by atoms with Gasteiger partial charge in [-0.1, -0.05) is 28.1 Å². The summed E-state index contributed by atoms with van der Waals surface area (Å²) < 4.78 is 6.51. The van der Waals surface area contributed by atoms with Gasteiger partial charge in [-0.05, 0) is 42.0 Å². The van der Waals surface area contributed by atoms with Gasteiger partial charge < -0.3 is 9.84 Å². The number of aliphatic hydroxyl groups excluding tert-OH is 1. The van der Waals surface area contributed by atoms with Crippen LogP contribution in [0.3, 0.4) is 0 Å². The molecular formula is C13H13BrO2. The van der Waals surface area contributed by atoms with Gasteiger partial charge in [0.1, 0.15) is 12.4 Å². The Balaban J connectivity index is 2.26. The van der Waals surface area contributed by atoms with Crippen LogP contribution in [0.25, 0.3) is 10.8 Å². The third kappa shape index (κ3) is 2.74. The summed E-state index contributed by atoms with van der Waals surface area (Å²) in [5, 5.41) is 11.4.